The minimum atomic E-state index is 0.458. The molecule has 62 valence electrons. The highest BCUT2D eigenvalue weighted by atomic mass is 15.2. The Kier molecular flexibility index (Phi) is 1.36. The van der Waals surface area contributed by atoms with Gasteiger partial charge in [0.2, 0.25) is 0 Å². The van der Waals surface area contributed by atoms with Crippen molar-refractivity contribution in [1.82, 2.24) is 9.61 Å². The largest absolute Gasteiger partial charge is 0.241 e. The van der Waals surface area contributed by atoms with Gasteiger partial charge in [-0.05, 0) is 18.1 Å². The van der Waals surface area contributed by atoms with Crippen molar-refractivity contribution in [3.05, 3.63) is 36.1 Å². The molecule has 0 radical (unpaired) electrons. The zero-order valence-corrected chi connectivity index (χ0v) is 7.28. The van der Waals surface area contributed by atoms with Gasteiger partial charge in [0.25, 0.3) is 0 Å². The van der Waals surface area contributed by atoms with Crippen molar-refractivity contribution in [2.75, 3.05) is 0 Å². The Balaban J connectivity index is 2.71. The molecular formula is C10H12N2. The van der Waals surface area contributed by atoms with E-state index in [-0.39, 0.29) is 0 Å². The lowest BCUT2D eigenvalue weighted by Crippen LogP contribution is -1.87. The lowest BCUT2D eigenvalue weighted by atomic mass is 10.1. The van der Waals surface area contributed by atoms with E-state index in [1.807, 2.05) is 23.0 Å². The summed E-state index contributed by atoms with van der Waals surface area (Å²) in [7, 11) is 0. The van der Waals surface area contributed by atoms with E-state index >= 15 is 0 Å². The van der Waals surface area contributed by atoms with Gasteiger partial charge in [0, 0.05) is 11.8 Å². The van der Waals surface area contributed by atoms with Gasteiger partial charge in [0.15, 0.2) is 0 Å². The van der Waals surface area contributed by atoms with E-state index < -0.39 is 0 Å². The van der Waals surface area contributed by atoms with Crippen molar-refractivity contribution < 1.29 is 1.37 Å². The van der Waals surface area contributed by atoms with E-state index in [2.05, 4.69) is 18.9 Å². The summed E-state index contributed by atoms with van der Waals surface area (Å²) in [4.78, 5) is 0. The summed E-state index contributed by atoms with van der Waals surface area (Å²) in [6.45, 7) is 4.27. The molecule has 0 aliphatic carbocycles. The first-order chi connectivity index (χ1) is 6.18. The van der Waals surface area contributed by atoms with Crippen LogP contribution < -0.4 is 0 Å². The van der Waals surface area contributed by atoms with Gasteiger partial charge in [0.05, 0.1) is 13.1 Å². The Morgan fingerprint density at radius 3 is 3.17 bits per heavy atom. The maximum atomic E-state index is 7.51. The standard InChI is InChI=1S/C10H12N2/c1-8(2)9-7-11-12-6-4-3-5-10(9)12/h3-8H,1-2H3/i3T. The van der Waals surface area contributed by atoms with E-state index in [4.69, 9.17) is 1.37 Å². The van der Waals surface area contributed by atoms with Crippen LogP contribution in [0.1, 0.15) is 26.7 Å². The van der Waals surface area contributed by atoms with E-state index in [0.717, 1.165) is 5.52 Å². The number of hydrogen-bond acceptors (Lipinski definition) is 1. The van der Waals surface area contributed by atoms with E-state index in [9.17, 15) is 0 Å². The summed E-state index contributed by atoms with van der Waals surface area (Å²) in [6, 6.07) is 4.13. The zero-order chi connectivity index (χ0) is 9.42. The molecule has 2 aromatic heterocycles. The molecule has 12 heavy (non-hydrogen) atoms. The summed E-state index contributed by atoms with van der Waals surface area (Å²) >= 11 is 0. The molecule has 0 amide bonds. The van der Waals surface area contributed by atoms with Crippen LogP contribution in [0.15, 0.2) is 30.6 Å². The van der Waals surface area contributed by atoms with Crippen LogP contribution in [0.25, 0.3) is 5.52 Å². The summed E-state index contributed by atoms with van der Waals surface area (Å²) in [5.41, 5.74) is 2.25. The number of fused-ring (bicyclic) bond motifs is 1. The molecule has 0 bridgehead atoms. The Bertz CT molecular complexity index is 431. The highest BCUT2D eigenvalue weighted by Crippen LogP contribution is 2.19. The van der Waals surface area contributed by atoms with Crippen LogP contribution in [0.3, 0.4) is 0 Å². The minimum Gasteiger partial charge on any atom is -0.241 e. The fourth-order valence-corrected chi connectivity index (χ4v) is 1.34. The molecule has 0 N–H and O–H groups in total. The number of nitrogens with zero attached hydrogens (tertiary/aromatic N) is 2. The van der Waals surface area contributed by atoms with Crippen LogP contribution in [-0.4, -0.2) is 9.61 Å². The fourth-order valence-electron chi connectivity index (χ4n) is 1.34. The Hall–Kier alpha value is -1.31. The highest BCUT2D eigenvalue weighted by molar-refractivity contribution is 5.54. The predicted octanol–water partition coefficient (Wildman–Crippen LogP) is 2.46. The van der Waals surface area contributed by atoms with Crippen LogP contribution in [0, 0.1) is 0 Å². The molecule has 0 saturated heterocycles. The van der Waals surface area contributed by atoms with Gasteiger partial charge in [-0.25, -0.2) is 4.52 Å². The Morgan fingerprint density at radius 1 is 1.58 bits per heavy atom. The van der Waals surface area contributed by atoms with Crippen LogP contribution in [0.4, 0.5) is 0 Å². The molecule has 0 aliphatic rings. The second-order valence-electron chi connectivity index (χ2n) is 3.21. The number of aromatic nitrogens is 2. The number of hydrogen-bond donors (Lipinski definition) is 0. The van der Waals surface area contributed by atoms with Crippen LogP contribution >= 0.6 is 0 Å². The monoisotopic (exact) mass is 162 g/mol. The first-order valence-corrected chi connectivity index (χ1v) is 4.12. The quantitative estimate of drug-likeness (QED) is 0.629. The molecular weight excluding hydrogens is 148 g/mol. The molecule has 0 aliphatic heterocycles. The summed E-state index contributed by atoms with van der Waals surface area (Å²) in [5, 5.41) is 4.21. The van der Waals surface area contributed by atoms with E-state index in [0.29, 0.717) is 12.0 Å². The second-order valence-corrected chi connectivity index (χ2v) is 3.21. The third-order valence-corrected chi connectivity index (χ3v) is 2.02. The lowest BCUT2D eigenvalue weighted by molar-refractivity contribution is 0.875. The van der Waals surface area contributed by atoms with Crippen molar-refractivity contribution in [3.63, 3.8) is 0 Å². The second kappa shape index (κ2) is 2.63. The van der Waals surface area contributed by atoms with Gasteiger partial charge < -0.3 is 0 Å². The third-order valence-electron chi connectivity index (χ3n) is 2.02. The Morgan fingerprint density at radius 2 is 2.42 bits per heavy atom. The zero-order valence-electron chi connectivity index (χ0n) is 8.28. The number of rotatable bonds is 1. The van der Waals surface area contributed by atoms with Gasteiger partial charge in [-0.1, -0.05) is 19.9 Å². The molecule has 2 heterocycles. The molecule has 0 fully saturated rings. The number of pyridine rings is 1. The first kappa shape index (κ1) is 6.23. The average Bonchev–Trinajstić information content (AvgIpc) is 2.46. The van der Waals surface area contributed by atoms with Crippen molar-refractivity contribution in [2.45, 2.75) is 19.8 Å². The molecule has 0 unspecified atom stereocenters. The van der Waals surface area contributed by atoms with Crippen molar-refractivity contribution in [2.24, 2.45) is 0 Å². The van der Waals surface area contributed by atoms with Crippen LogP contribution in [0.5, 0.6) is 0 Å². The molecule has 0 saturated carbocycles. The molecule has 2 rings (SSSR count). The maximum absolute atomic E-state index is 7.51. The SMILES string of the molecule is [3H]c1ccn2ncc(C(C)C)c2c1. The van der Waals surface area contributed by atoms with E-state index in [1.165, 1.54) is 5.56 Å². The summed E-state index contributed by atoms with van der Waals surface area (Å²) in [6.07, 6.45) is 3.70. The minimum absolute atomic E-state index is 0.458. The molecule has 2 nitrogen and oxygen atoms in total. The Labute approximate surface area is 73.2 Å². The lowest BCUT2D eigenvalue weighted by Gasteiger charge is -2.00. The van der Waals surface area contributed by atoms with Crippen molar-refractivity contribution in [3.8, 4) is 0 Å². The van der Waals surface area contributed by atoms with Crippen molar-refractivity contribution in [1.29, 1.82) is 0 Å². The van der Waals surface area contributed by atoms with Gasteiger partial charge in [-0.15, -0.1) is 0 Å². The third kappa shape index (κ3) is 0.998. The highest BCUT2D eigenvalue weighted by Gasteiger charge is 2.05. The smallest absolute Gasteiger partial charge is 0.0696 e. The average molecular weight is 162 g/mol. The van der Waals surface area contributed by atoms with Gasteiger partial charge >= 0.3 is 0 Å². The van der Waals surface area contributed by atoms with Crippen LogP contribution in [0.2, 0.25) is 0 Å². The first-order valence-electron chi connectivity index (χ1n) is 4.62. The van der Waals surface area contributed by atoms with Crippen LogP contribution in [-0.2, 0) is 0 Å². The molecule has 0 aromatic carbocycles. The fraction of sp³-hybridized carbons (Fsp3) is 0.300. The molecule has 0 atom stereocenters. The summed E-state index contributed by atoms with van der Waals surface area (Å²) < 4.78 is 9.33. The predicted molar refractivity (Wildman–Crippen MR) is 49.3 cm³/mol. The summed E-state index contributed by atoms with van der Waals surface area (Å²) in [5.74, 6) is 0.458. The molecule has 2 aromatic rings. The molecule has 0 spiro atoms. The molecule has 2 heteroatoms. The topological polar surface area (TPSA) is 17.3 Å². The van der Waals surface area contributed by atoms with Gasteiger partial charge in [-0.2, -0.15) is 5.10 Å². The normalized spacial score (nSPS) is 12.4. The maximum Gasteiger partial charge on any atom is 0.0696 e. The van der Waals surface area contributed by atoms with E-state index in [1.54, 1.807) is 6.07 Å². The van der Waals surface area contributed by atoms with Gasteiger partial charge in [-0.3, -0.25) is 0 Å². The van der Waals surface area contributed by atoms with Gasteiger partial charge in [0.1, 0.15) is 0 Å². The van der Waals surface area contributed by atoms with Crippen molar-refractivity contribution >= 4 is 5.52 Å².